The Morgan fingerprint density at radius 3 is 2.62 bits per heavy atom. The van der Waals surface area contributed by atoms with Gasteiger partial charge >= 0.3 is 0 Å². The molecule has 0 bridgehead atoms. The molecule has 4 rings (SSSR count). The molecule has 0 saturated heterocycles. The van der Waals surface area contributed by atoms with Gasteiger partial charge in [-0.05, 0) is 62.7 Å². The van der Waals surface area contributed by atoms with E-state index in [0.717, 1.165) is 60.5 Å². The molecular formula is C25H32IN7O. The molecule has 2 N–H and O–H groups in total. The number of benzene rings is 2. The highest BCUT2D eigenvalue weighted by Gasteiger charge is 2.07. The molecule has 180 valence electrons. The van der Waals surface area contributed by atoms with Gasteiger partial charge in [-0.1, -0.05) is 12.1 Å². The number of para-hydroxylation sites is 2. The molecule has 2 aromatic carbocycles. The number of halogens is 1. The first-order valence-corrected chi connectivity index (χ1v) is 11.3. The lowest BCUT2D eigenvalue weighted by molar-refractivity contribution is 0.414. The Kier molecular flexibility index (Phi) is 9.32. The number of fused-ring (bicyclic) bond motifs is 1. The summed E-state index contributed by atoms with van der Waals surface area (Å²) in [5.74, 6) is 2.67. The average molecular weight is 573 g/mol. The van der Waals surface area contributed by atoms with E-state index in [1.807, 2.05) is 47.3 Å². The summed E-state index contributed by atoms with van der Waals surface area (Å²) in [7, 11) is 1.66. The number of aryl methyl sites for hydroxylation is 2. The number of guanidine groups is 1. The largest absolute Gasteiger partial charge is 0.497 e. The number of hydrogen-bond acceptors (Lipinski definition) is 4. The number of hydrogen-bond donors (Lipinski definition) is 2. The molecule has 4 aromatic rings. The Hall–Kier alpha value is -3.08. The molecule has 0 radical (unpaired) electrons. The number of imidazole rings is 1. The number of aliphatic imine (C=N–C) groups is 1. The maximum absolute atomic E-state index is 5.22. The third-order valence-electron chi connectivity index (χ3n) is 5.42. The molecule has 0 spiro atoms. The second-order valence-electron chi connectivity index (χ2n) is 7.72. The maximum atomic E-state index is 5.22. The molecular weight excluding hydrogens is 541 g/mol. The zero-order valence-electron chi connectivity index (χ0n) is 19.9. The number of ether oxygens (including phenoxy) is 1. The van der Waals surface area contributed by atoms with Crippen molar-refractivity contribution < 1.29 is 4.74 Å². The van der Waals surface area contributed by atoms with Crippen molar-refractivity contribution in [1.29, 1.82) is 0 Å². The van der Waals surface area contributed by atoms with Crippen LogP contribution >= 0.6 is 24.0 Å². The van der Waals surface area contributed by atoms with Gasteiger partial charge in [0.1, 0.15) is 11.6 Å². The Morgan fingerprint density at radius 2 is 1.85 bits per heavy atom. The predicted octanol–water partition coefficient (Wildman–Crippen LogP) is 4.30. The highest BCUT2D eigenvalue weighted by atomic mass is 127. The van der Waals surface area contributed by atoms with Gasteiger partial charge in [-0.3, -0.25) is 0 Å². The summed E-state index contributed by atoms with van der Waals surface area (Å²) in [6.07, 6.45) is 2.92. The van der Waals surface area contributed by atoms with Crippen LogP contribution in [0.15, 0.2) is 65.8 Å². The lowest BCUT2D eigenvalue weighted by Gasteiger charge is -2.12. The van der Waals surface area contributed by atoms with E-state index in [-0.39, 0.29) is 24.0 Å². The van der Waals surface area contributed by atoms with Crippen LogP contribution in [0.4, 0.5) is 0 Å². The van der Waals surface area contributed by atoms with E-state index in [1.54, 1.807) is 7.11 Å². The van der Waals surface area contributed by atoms with Crippen LogP contribution in [0.2, 0.25) is 0 Å². The van der Waals surface area contributed by atoms with Crippen LogP contribution in [0.5, 0.6) is 5.75 Å². The van der Waals surface area contributed by atoms with Crippen LogP contribution in [0.1, 0.15) is 24.9 Å². The SMILES string of the molecule is CCNC(=NCc1ccn(-c2ccc(OC)cc2)n1)NCCCn1c(C)nc2ccccc21.I. The third-order valence-corrected chi connectivity index (χ3v) is 5.42. The topological polar surface area (TPSA) is 81.3 Å². The molecule has 0 atom stereocenters. The van der Waals surface area contributed by atoms with Gasteiger partial charge in [0.2, 0.25) is 0 Å². The fraction of sp³-hybridized carbons (Fsp3) is 0.320. The second kappa shape index (κ2) is 12.4. The first kappa shape index (κ1) is 25.5. The second-order valence-corrected chi connectivity index (χ2v) is 7.72. The normalized spacial score (nSPS) is 11.3. The van der Waals surface area contributed by atoms with E-state index in [2.05, 4.69) is 57.3 Å². The maximum Gasteiger partial charge on any atom is 0.191 e. The molecule has 0 fully saturated rings. The molecule has 0 aliphatic heterocycles. The van der Waals surface area contributed by atoms with Crippen LogP contribution in [0.25, 0.3) is 16.7 Å². The molecule has 0 amide bonds. The lowest BCUT2D eigenvalue weighted by Crippen LogP contribution is -2.38. The van der Waals surface area contributed by atoms with Crippen molar-refractivity contribution in [2.24, 2.45) is 4.99 Å². The lowest BCUT2D eigenvalue weighted by atomic mass is 10.3. The minimum atomic E-state index is 0. The standard InChI is InChI=1S/C25H31N7O.HI/c1-4-26-25(27-15-7-16-31-19(2)29-23-8-5-6-9-24(23)31)28-18-20-14-17-32(30-20)21-10-12-22(33-3)13-11-21;/h5-6,8-14,17H,4,7,15-16,18H2,1-3H3,(H2,26,27,28);1H. The van der Waals surface area contributed by atoms with E-state index in [9.17, 15) is 0 Å². The number of methoxy groups -OCH3 is 1. The van der Waals surface area contributed by atoms with E-state index in [1.165, 1.54) is 5.52 Å². The fourth-order valence-corrected chi connectivity index (χ4v) is 3.75. The van der Waals surface area contributed by atoms with Crippen molar-refractivity contribution in [2.75, 3.05) is 20.2 Å². The quantitative estimate of drug-likeness (QED) is 0.135. The number of aromatic nitrogens is 4. The predicted molar refractivity (Wildman–Crippen MR) is 147 cm³/mol. The van der Waals surface area contributed by atoms with E-state index >= 15 is 0 Å². The summed E-state index contributed by atoms with van der Waals surface area (Å²) in [5, 5.41) is 11.4. The van der Waals surface area contributed by atoms with Crippen LogP contribution in [0.3, 0.4) is 0 Å². The third kappa shape index (κ3) is 6.28. The van der Waals surface area contributed by atoms with Crippen LogP contribution in [0, 0.1) is 6.92 Å². The van der Waals surface area contributed by atoms with Crippen molar-refractivity contribution in [3.05, 3.63) is 72.3 Å². The molecule has 2 aromatic heterocycles. The highest BCUT2D eigenvalue weighted by Crippen LogP contribution is 2.16. The summed E-state index contributed by atoms with van der Waals surface area (Å²) in [4.78, 5) is 9.34. The Labute approximate surface area is 217 Å². The van der Waals surface area contributed by atoms with Crippen molar-refractivity contribution in [1.82, 2.24) is 30.0 Å². The van der Waals surface area contributed by atoms with Crippen LogP contribution in [-0.2, 0) is 13.1 Å². The Bertz CT molecular complexity index is 1210. The van der Waals surface area contributed by atoms with E-state index < -0.39 is 0 Å². The number of nitrogens with one attached hydrogen (secondary N) is 2. The number of rotatable bonds is 9. The molecule has 9 heteroatoms. The van der Waals surface area contributed by atoms with Gasteiger partial charge in [0.15, 0.2) is 5.96 Å². The summed E-state index contributed by atoms with van der Waals surface area (Å²) in [6.45, 7) is 7.16. The van der Waals surface area contributed by atoms with Gasteiger partial charge < -0.3 is 19.9 Å². The molecule has 0 saturated carbocycles. The minimum absolute atomic E-state index is 0. The Balaban J connectivity index is 0.00000324. The van der Waals surface area contributed by atoms with E-state index in [0.29, 0.717) is 6.54 Å². The number of nitrogens with zero attached hydrogens (tertiary/aromatic N) is 5. The average Bonchev–Trinajstić information content (AvgIpc) is 3.44. The van der Waals surface area contributed by atoms with Crippen molar-refractivity contribution in [2.45, 2.75) is 33.4 Å². The van der Waals surface area contributed by atoms with Gasteiger partial charge in [-0.25, -0.2) is 14.7 Å². The van der Waals surface area contributed by atoms with Gasteiger partial charge in [0.05, 0.1) is 36.1 Å². The van der Waals surface area contributed by atoms with Crippen molar-refractivity contribution in [3.8, 4) is 11.4 Å². The molecule has 8 nitrogen and oxygen atoms in total. The van der Waals surface area contributed by atoms with Crippen molar-refractivity contribution >= 4 is 41.0 Å². The highest BCUT2D eigenvalue weighted by molar-refractivity contribution is 14.0. The van der Waals surface area contributed by atoms with Gasteiger partial charge in [-0.15, -0.1) is 24.0 Å². The monoisotopic (exact) mass is 573 g/mol. The van der Waals surface area contributed by atoms with Gasteiger partial charge in [0.25, 0.3) is 0 Å². The minimum Gasteiger partial charge on any atom is -0.497 e. The van der Waals surface area contributed by atoms with Gasteiger partial charge in [0, 0.05) is 25.8 Å². The summed E-state index contributed by atoms with van der Waals surface area (Å²) in [6, 6.07) is 18.1. The molecule has 34 heavy (non-hydrogen) atoms. The van der Waals surface area contributed by atoms with E-state index in [4.69, 9.17) is 9.73 Å². The molecule has 0 aliphatic carbocycles. The van der Waals surface area contributed by atoms with Crippen LogP contribution in [-0.4, -0.2) is 45.5 Å². The Morgan fingerprint density at radius 1 is 1.06 bits per heavy atom. The first-order chi connectivity index (χ1) is 16.2. The zero-order valence-corrected chi connectivity index (χ0v) is 22.2. The molecule has 0 unspecified atom stereocenters. The molecule has 0 aliphatic rings. The summed E-state index contributed by atoms with van der Waals surface area (Å²) >= 11 is 0. The molecule has 2 heterocycles. The zero-order chi connectivity index (χ0) is 23.0. The smallest absolute Gasteiger partial charge is 0.191 e. The fourth-order valence-electron chi connectivity index (χ4n) is 3.75. The van der Waals surface area contributed by atoms with Crippen LogP contribution < -0.4 is 15.4 Å². The van der Waals surface area contributed by atoms with Gasteiger partial charge in [-0.2, -0.15) is 5.10 Å². The summed E-state index contributed by atoms with van der Waals surface area (Å²) in [5.41, 5.74) is 4.12. The van der Waals surface area contributed by atoms with Crippen molar-refractivity contribution in [3.63, 3.8) is 0 Å². The summed E-state index contributed by atoms with van der Waals surface area (Å²) < 4.78 is 9.34. The first-order valence-electron chi connectivity index (χ1n) is 11.3.